The Kier molecular flexibility index (Phi) is 6.42. The SMILES string of the molecule is O=C(c1ccc(Cl)c(NC2=N[C@@H]3CS(=O)(=O)C[C@@H]3S2)c1)N1CCC(Cc2ccccc2)CC1. The molecule has 2 aromatic rings. The molecule has 6 nitrogen and oxygen atoms in total. The molecule has 1 N–H and O–H groups in total. The lowest BCUT2D eigenvalue weighted by Crippen LogP contribution is -2.38. The highest BCUT2D eigenvalue weighted by molar-refractivity contribution is 8.15. The van der Waals surface area contributed by atoms with Crippen molar-refractivity contribution in [2.75, 3.05) is 29.9 Å². The van der Waals surface area contributed by atoms with E-state index in [1.54, 1.807) is 18.2 Å². The maximum Gasteiger partial charge on any atom is 0.253 e. The van der Waals surface area contributed by atoms with Crippen LogP contribution in [0.15, 0.2) is 53.5 Å². The summed E-state index contributed by atoms with van der Waals surface area (Å²) in [5.74, 6) is 0.864. The number of carbonyl (C=O) groups excluding carboxylic acids is 1. The van der Waals surface area contributed by atoms with Gasteiger partial charge in [0.2, 0.25) is 0 Å². The van der Waals surface area contributed by atoms with Crippen LogP contribution in [-0.4, -0.2) is 60.3 Å². The van der Waals surface area contributed by atoms with Gasteiger partial charge in [-0.25, -0.2) is 8.42 Å². The Hall–Kier alpha value is -2.03. The minimum absolute atomic E-state index is 0.0110. The number of sulfone groups is 1. The monoisotopic (exact) mass is 503 g/mol. The molecule has 0 spiro atoms. The summed E-state index contributed by atoms with van der Waals surface area (Å²) >= 11 is 7.82. The van der Waals surface area contributed by atoms with Gasteiger partial charge >= 0.3 is 0 Å². The van der Waals surface area contributed by atoms with E-state index < -0.39 is 9.84 Å². The third kappa shape index (κ3) is 5.23. The van der Waals surface area contributed by atoms with Gasteiger partial charge in [0.25, 0.3) is 5.91 Å². The van der Waals surface area contributed by atoms with Crippen LogP contribution >= 0.6 is 23.4 Å². The van der Waals surface area contributed by atoms with Crippen molar-refractivity contribution in [1.82, 2.24) is 4.90 Å². The van der Waals surface area contributed by atoms with Crippen LogP contribution in [0, 0.1) is 5.92 Å². The van der Waals surface area contributed by atoms with Crippen LogP contribution in [0.25, 0.3) is 0 Å². The fourth-order valence-electron chi connectivity index (χ4n) is 4.76. The Balaban J connectivity index is 1.21. The average Bonchev–Trinajstić information content (AvgIpc) is 3.28. The van der Waals surface area contributed by atoms with Crippen molar-refractivity contribution in [2.45, 2.75) is 30.6 Å². The Bertz CT molecular complexity index is 1180. The molecule has 0 saturated carbocycles. The van der Waals surface area contributed by atoms with Gasteiger partial charge in [-0.2, -0.15) is 0 Å². The van der Waals surface area contributed by atoms with Crippen LogP contribution < -0.4 is 5.32 Å². The Morgan fingerprint density at radius 1 is 1.12 bits per heavy atom. The van der Waals surface area contributed by atoms with Gasteiger partial charge in [0.1, 0.15) is 0 Å². The predicted molar refractivity (Wildman–Crippen MR) is 135 cm³/mol. The second-order valence-electron chi connectivity index (χ2n) is 8.98. The molecule has 174 valence electrons. The number of carbonyl (C=O) groups is 1. The lowest BCUT2D eigenvalue weighted by atomic mass is 9.90. The number of hydrogen-bond donors (Lipinski definition) is 1. The maximum atomic E-state index is 13.1. The summed E-state index contributed by atoms with van der Waals surface area (Å²) in [5, 5.41) is 4.33. The van der Waals surface area contributed by atoms with E-state index in [1.807, 2.05) is 11.0 Å². The van der Waals surface area contributed by atoms with Gasteiger partial charge < -0.3 is 10.2 Å². The van der Waals surface area contributed by atoms with E-state index in [2.05, 4.69) is 34.6 Å². The van der Waals surface area contributed by atoms with Crippen molar-refractivity contribution in [1.29, 1.82) is 0 Å². The van der Waals surface area contributed by atoms with Crippen molar-refractivity contribution < 1.29 is 13.2 Å². The molecule has 9 heteroatoms. The third-order valence-corrected chi connectivity index (χ3v) is 10.0. The first kappa shape index (κ1) is 22.7. The second-order valence-corrected chi connectivity index (χ2v) is 12.8. The molecule has 0 aromatic heterocycles. The van der Waals surface area contributed by atoms with Gasteiger partial charge in [0, 0.05) is 23.9 Å². The zero-order valence-corrected chi connectivity index (χ0v) is 20.5. The van der Waals surface area contributed by atoms with Gasteiger partial charge in [0.05, 0.1) is 28.3 Å². The molecule has 2 fully saturated rings. The highest BCUT2D eigenvalue weighted by Crippen LogP contribution is 2.36. The van der Waals surface area contributed by atoms with Gasteiger partial charge in [-0.1, -0.05) is 53.7 Å². The minimum Gasteiger partial charge on any atom is -0.339 e. The van der Waals surface area contributed by atoms with Gasteiger partial charge in [-0.3, -0.25) is 9.79 Å². The molecular formula is C24H26ClN3O3S2. The molecule has 0 bridgehead atoms. The number of likely N-dealkylation sites (tertiary alicyclic amines) is 1. The van der Waals surface area contributed by atoms with E-state index in [4.69, 9.17) is 11.6 Å². The number of thioether (sulfide) groups is 1. The van der Waals surface area contributed by atoms with Crippen molar-refractivity contribution >= 4 is 50.0 Å². The Labute approximate surface area is 203 Å². The summed E-state index contributed by atoms with van der Waals surface area (Å²) in [6, 6.07) is 15.6. The summed E-state index contributed by atoms with van der Waals surface area (Å²) < 4.78 is 23.6. The number of rotatable bonds is 4. The number of nitrogens with one attached hydrogen (secondary N) is 1. The first-order valence-corrected chi connectivity index (χ1v) is 14.3. The van der Waals surface area contributed by atoms with Crippen LogP contribution in [0.1, 0.15) is 28.8 Å². The maximum absolute atomic E-state index is 13.1. The Morgan fingerprint density at radius 2 is 1.88 bits per heavy atom. The van der Waals surface area contributed by atoms with Gasteiger partial charge in [0.15, 0.2) is 15.0 Å². The highest BCUT2D eigenvalue weighted by atomic mass is 35.5. The van der Waals surface area contributed by atoms with Crippen molar-refractivity contribution in [2.24, 2.45) is 10.9 Å². The zero-order valence-electron chi connectivity index (χ0n) is 18.1. The number of piperidine rings is 1. The molecular weight excluding hydrogens is 478 g/mol. The molecule has 33 heavy (non-hydrogen) atoms. The molecule has 2 atom stereocenters. The predicted octanol–water partition coefficient (Wildman–Crippen LogP) is 4.12. The van der Waals surface area contributed by atoms with E-state index in [0.717, 1.165) is 32.4 Å². The second kappa shape index (κ2) is 9.31. The summed E-state index contributed by atoms with van der Waals surface area (Å²) in [4.78, 5) is 19.6. The number of amides is 1. The molecule has 0 radical (unpaired) electrons. The minimum atomic E-state index is -2.99. The Morgan fingerprint density at radius 3 is 2.61 bits per heavy atom. The van der Waals surface area contributed by atoms with Crippen molar-refractivity contribution in [3.63, 3.8) is 0 Å². The molecule has 1 amide bonds. The zero-order chi connectivity index (χ0) is 23.0. The first-order chi connectivity index (χ1) is 15.9. The van der Waals surface area contributed by atoms with Crippen LogP contribution in [0.5, 0.6) is 0 Å². The number of hydrogen-bond acceptors (Lipinski definition) is 6. The third-order valence-electron chi connectivity index (χ3n) is 6.54. The molecule has 0 aliphatic carbocycles. The summed E-state index contributed by atoms with van der Waals surface area (Å²) in [7, 11) is -2.99. The molecule has 3 aliphatic rings. The lowest BCUT2D eigenvalue weighted by molar-refractivity contribution is 0.0690. The fourth-order valence-corrected chi connectivity index (χ4v) is 8.59. The van der Waals surface area contributed by atoms with Gasteiger partial charge in [-0.15, -0.1) is 0 Å². The molecule has 3 aliphatic heterocycles. The van der Waals surface area contributed by atoms with E-state index in [9.17, 15) is 13.2 Å². The smallest absolute Gasteiger partial charge is 0.253 e. The van der Waals surface area contributed by atoms with E-state index in [-0.39, 0.29) is 28.7 Å². The van der Waals surface area contributed by atoms with Crippen LogP contribution in [0.2, 0.25) is 5.02 Å². The lowest BCUT2D eigenvalue weighted by Gasteiger charge is -2.32. The number of benzene rings is 2. The summed E-state index contributed by atoms with van der Waals surface area (Å²) in [6.07, 6.45) is 3.05. The highest BCUT2D eigenvalue weighted by Gasteiger charge is 2.42. The standard InChI is InChI=1S/C24H26ClN3O3S2/c25-19-7-6-18(13-20(19)26-24-27-21-14-33(30,31)15-22(21)32-24)23(29)28-10-8-17(9-11-28)12-16-4-2-1-3-5-16/h1-7,13,17,21-22H,8-12,14-15H2,(H,26,27)/t21-,22+/m1/s1. The van der Waals surface area contributed by atoms with E-state index in [0.29, 0.717) is 27.4 Å². The van der Waals surface area contributed by atoms with Crippen LogP contribution in [0.3, 0.4) is 0 Å². The number of halogens is 1. The summed E-state index contributed by atoms with van der Waals surface area (Å²) in [5.41, 5.74) is 2.57. The van der Waals surface area contributed by atoms with E-state index in [1.165, 1.54) is 17.3 Å². The number of amidine groups is 1. The van der Waals surface area contributed by atoms with Crippen LogP contribution in [0.4, 0.5) is 5.69 Å². The normalized spacial score (nSPS) is 24.4. The summed E-state index contributed by atoms with van der Waals surface area (Å²) in [6.45, 7) is 1.50. The topological polar surface area (TPSA) is 78.8 Å². The molecule has 2 aromatic carbocycles. The number of nitrogens with zero attached hydrogens (tertiary/aromatic N) is 2. The molecule has 5 rings (SSSR count). The quantitative estimate of drug-likeness (QED) is 0.679. The van der Waals surface area contributed by atoms with Crippen molar-refractivity contribution in [3.05, 3.63) is 64.7 Å². The number of aliphatic imine (C=N–C) groups is 1. The number of anilines is 1. The largest absolute Gasteiger partial charge is 0.339 e. The molecule has 2 saturated heterocycles. The van der Waals surface area contributed by atoms with Crippen LogP contribution in [-0.2, 0) is 16.3 Å². The number of fused-ring (bicyclic) bond motifs is 1. The first-order valence-electron chi connectivity index (χ1n) is 11.2. The van der Waals surface area contributed by atoms with Crippen molar-refractivity contribution in [3.8, 4) is 0 Å². The molecule has 0 unspecified atom stereocenters. The molecule has 3 heterocycles. The van der Waals surface area contributed by atoms with Gasteiger partial charge in [-0.05, 0) is 48.9 Å². The average molecular weight is 504 g/mol. The fraction of sp³-hybridized carbons (Fsp3) is 0.417. The van der Waals surface area contributed by atoms with E-state index >= 15 is 0 Å².